The van der Waals surface area contributed by atoms with Crippen molar-refractivity contribution in [3.8, 4) is 5.75 Å². The Hall–Kier alpha value is -0.520. The fourth-order valence-electron chi connectivity index (χ4n) is 2.60. The third-order valence-electron chi connectivity index (χ3n) is 3.46. The number of ether oxygens (including phenoxy) is 1. The molecule has 0 aromatic heterocycles. The average molecular weight is 313 g/mol. The molecule has 0 radical (unpaired) electrons. The average Bonchev–Trinajstić information content (AvgIpc) is 2.60. The Labute approximate surface area is 128 Å². The van der Waals surface area contributed by atoms with E-state index >= 15 is 0 Å². The fraction of sp³-hybridized carbons (Fsp3) is 0.600. The van der Waals surface area contributed by atoms with Crippen molar-refractivity contribution in [3.63, 3.8) is 0 Å². The van der Waals surface area contributed by atoms with Crippen molar-refractivity contribution in [1.82, 2.24) is 5.32 Å². The van der Waals surface area contributed by atoms with E-state index < -0.39 is 10.8 Å². The molecular formula is C15H23NO2S2. The summed E-state index contributed by atoms with van der Waals surface area (Å²) < 4.78 is 16.7. The summed E-state index contributed by atoms with van der Waals surface area (Å²) in [6.45, 7) is 2.11. The van der Waals surface area contributed by atoms with Gasteiger partial charge in [-0.15, -0.1) is 11.8 Å². The van der Waals surface area contributed by atoms with Gasteiger partial charge >= 0.3 is 0 Å². The van der Waals surface area contributed by atoms with Crippen LogP contribution in [0.5, 0.6) is 5.75 Å². The van der Waals surface area contributed by atoms with Gasteiger partial charge in [0.25, 0.3) is 0 Å². The molecule has 1 N–H and O–H groups in total. The second-order valence-electron chi connectivity index (χ2n) is 5.25. The SMILES string of the molecule is COc1ccc2c(c1)[C@H](N[C@H](C)C[S@](C)=O)CCCS2. The van der Waals surface area contributed by atoms with Crippen molar-refractivity contribution in [2.45, 2.75) is 36.7 Å². The molecule has 0 unspecified atom stereocenters. The molecule has 1 aromatic carbocycles. The molecule has 112 valence electrons. The molecule has 2 rings (SSSR count). The highest BCUT2D eigenvalue weighted by molar-refractivity contribution is 7.99. The predicted octanol–water partition coefficient (Wildman–Crippen LogP) is 2.98. The summed E-state index contributed by atoms with van der Waals surface area (Å²) in [5.41, 5.74) is 1.32. The van der Waals surface area contributed by atoms with Crippen LogP contribution < -0.4 is 10.1 Å². The lowest BCUT2D eigenvalue weighted by molar-refractivity contribution is 0.409. The molecule has 1 aromatic rings. The number of rotatable bonds is 5. The standard InChI is InChI=1S/C15H23NO2S2/c1-11(10-20(3)17)16-14-5-4-8-19-15-7-6-12(18-2)9-13(14)15/h6-7,9,11,14,16H,4-5,8,10H2,1-3H3/t11-,14-,20+/m1/s1. The molecular weight excluding hydrogens is 290 g/mol. The first-order chi connectivity index (χ1) is 9.60. The van der Waals surface area contributed by atoms with E-state index in [0.29, 0.717) is 11.8 Å². The lowest BCUT2D eigenvalue weighted by Crippen LogP contribution is -2.34. The normalized spacial score (nSPS) is 21.6. The predicted molar refractivity (Wildman–Crippen MR) is 87.2 cm³/mol. The molecule has 1 heterocycles. The Balaban J connectivity index is 2.19. The van der Waals surface area contributed by atoms with Crippen LogP contribution in [0.1, 0.15) is 31.4 Å². The van der Waals surface area contributed by atoms with E-state index in [0.717, 1.165) is 17.9 Å². The number of fused-ring (bicyclic) bond motifs is 1. The summed E-state index contributed by atoms with van der Waals surface area (Å²) in [6, 6.07) is 6.91. The van der Waals surface area contributed by atoms with E-state index in [1.165, 1.54) is 16.9 Å². The van der Waals surface area contributed by atoms with Gasteiger partial charge in [-0.1, -0.05) is 0 Å². The lowest BCUT2D eigenvalue weighted by Gasteiger charge is -2.23. The number of thioether (sulfide) groups is 1. The Morgan fingerprint density at radius 2 is 2.35 bits per heavy atom. The summed E-state index contributed by atoms with van der Waals surface area (Å²) in [7, 11) is 0.945. The van der Waals surface area contributed by atoms with Gasteiger partial charge < -0.3 is 10.1 Å². The molecule has 0 bridgehead atoms. The van der Waals surface area contributed by atoms with E-state index in [9.17, 15) is 4.21 Å². The van der Waals surface area contributed by atoms with Crippen LogP contribution in [-0.2, 0) is 10.8 Å². The minimum atomic E-state index is -0.761. The number of methoxy groups -OCH3 is 1. The van der Waals surface area contributed by atoms with Crippen molar-refractivity contribution in [2.75, 3.05) is 24.9 Å². The largest absolute Gasteiger partial charge is 0.497 e. The molecule has 0 spiro atoms. The molecule has 0 saturated carbocycles. The van der Waals surface area contributed by atoms with E-state index in [2.05, 4.69) is 24.4 Å². The van der Waals surface area contributed by atoms with Gasteiger partial charge in [0.15, 0.2) is 0 Å². The van der Waals surface area contributed by atoms with Crippen molar-refractivity contribution in [1.29, 1.82) is 0 Å². The van der Waals surface area contributed by atoms with Crippen LogP contribution in [0.4, 0.5) is 0 Å². The summed E-state index contributed by atoms with van der Waals surface area (Å²) in [5, 5.41) is 3.64. The van der Waals surface area contributed by atoms with Gasteiger partial charge in [-0.25, -0.2) is 0 Å². The monoisotopic (exact) mass is 313 g/mol. The second-order valence-corrected chi connectivity index (χ2v) is 7.87. The van der Waals surface area contributed by atoms with Crippen LogP contribution >= 0.6 is 11.8 Å². The van der Waals surface area contributed by atoms with Gasteiger partial charge in [0.1, 0.15) is 5.75 Å². The second kappa shape index (κ2) is 7.48. The third-order valence-corrected chi connectivity index (χ3v) is 5.60. The Morgan fingerprint density at radius 3 is 3.05 bits per heavy atom. The van der Waals surface area contributed by atoms with Crippen LogP contribution in [0.2, 0.25) is 0 Å². The molecule has 3 atom stereocenters. The highest BCUT2D eigenvalue weighted by Crippen LogP contribution is 2.37. The lowest BCUT2D eigenvalue weighted by atomic mass is 10.0. The zero-order chi connectivity index (χ0) is 14.5. The Morgan fingerprint density at radius 1 is 1.55 bits per heavy atom. The van der Waals surface area contributed by atoms with Crippen molar-refractivity contribution < 1.29 is 8.95 Å². The molecule has 0 fully saturated rings. The molecule has 0 amide bonds. The third kappa shape index (κ3) is 4.24. The molecule has 5 heteroatoms. The van der Waals surface area contributed by atoms with Gasteiger partial charge in [-0.05, 0) is 49.3 Å². The van der Waals surface area contributed by atoms with Crippen LogP contribution in [-0.4, -0.2) is 35.1 Å². The van der Waals surface area contributed by atoms with Crippen LogP contribution in [0.25, 0.3) is 0 Å². The molecule has 20 heavy (non-hydrogen) atoms. The zero-order valence-corrected chi connectivity index (χ0v) is 14.0. The summed E-state index contributed by atoms with van der Waals surface area (Å²) in [5.74, 6) is 2.76. The van der Waals surface area contributed by atoms with E-state index in [-0.39, 0.29) is 6.04 Å². The topological polar surface area (TPSA) is 38.3 Å². The van der Waals surface area contributed by atoms with Gasteiger partial charge in [-0.2, -0.15) is 0 Å². The molecule has 0 saturated heterocycles. The maximum atomic E-state index is 11.4. The smallest absolute Gasteiger partial charge is 0.119 e. The molecule has 1 aliphatic heterocycles. The van der Waals surface area contributed by atoms with E-state index in [1.54, 1.807) is 13.4 Å². The molecule has 1 aliphatic rings. The van der Waals surface area contributed by atoms with Gasteiger partial charge in [0, 0.05) is 39.8 Å². The minimum absolute atomic E-state index is 0.257. The van der Waals surface area contributed by atoms with Gasteiger partial charge in [0.2, 0.25) is 0 Å². The van der Waals surface area contributed by atoms with Crippen molar-refractivity contribution in [3.05, 3.63) is 23.8 Å². The number of hydrogen-bond donors (Lipinski definition) is 1. The maximum Gasteiger partial charge on any atom is 0.119 e. The summed E-state index contributed by atoms with van der Waals surface area (Å²) >= 11 is 1.92. The number of benzene rings is 1. The molecule has 0 aliphatic carbocycles. The summed E-state index contributed by atoms with van der Waals surface area (Å²) in [4.78, 5) is 1.34. The van der Waals surface area contributed by atoms with Gasteiger partial charge in [0.05, 0.1) is 7.11 Å². The van der Waals surface area contributed by atoms with Crippen LogP contribution in [0.3, 0.4) is 0 Å². The number of hydrogen-bond acceptors (Lipinski definition) is 4. The van der Waals surface area contributed by atoms with Gasteiger partial charge in [-0.3, -0.25) is 4.21 Å². The highest BCUT2D eigenvalue weighted by Gasteiger charge is 2.21. The fourth-order valence-corrected chi connectivity index (χ4v) is 4.46. The van der Waals surface area contributed by atoms with E-state index in [1.807, 2.05) is 17.8 Å². The quantitative estimate of drug-likeness (QED) is 0.907. The van der Waals surface area contributed by atoms with Crippen LogP contribution in [0, 0.1) is 0 Å². The molecule has 3 nitrogen and oxygen atoms in total. The Kier molecular flexibility index (Phi) is 5.93. The van der Waals surface area contributed by atoms with Crippen molar-refractivity contribution >= 4 is 22.6 Å². The zero-order valence-electron chi connectivity index (χ0n) is 12.3. The van der Waals surface area contributed by atoms with E-state index in [4.69, 9.17) is 4.74 Å². The highest BCUT2D eigenvalue weighted by atomic mass is 32.2. The minimum Gasteiger partial charge on any atom is -0.497 e. The Bertz CT molecular complexity index is 479. The first-order valence-electron chi connectivity index (χ1n) is 6.97. The summed E-state index contributed by atoms with van der Waals surface area (Å²) in [6.07, 6.45) is 4.08. The maximum absolute atomic E-state index is 11.4. The first kappa shape index (κ1) is 15.9. The number of nitrogens with one attached hydrogen (secondary N) is 1. The van der Waals surface area contributed by atoms with Crippen molar-refractivity contribution in [2.24, 2.45) is 0 Å². The first-order valence-corrected chi connectivity index (χ1v) is 9.68. The van der Waals surface area contributed by atoms with Crippen LogP contribution in [0.15, 0.2) is 23.1 Å².